The van der Waals surface area contributed by atoms with E-state index in [0.717, 1.165) is 17.3 Å². The number of nitrogens with two attached hydrogens (primary N) is 1. The Morgan fingerprint density at radius 1 is 1.31 bits per heavy atom. The second-order valence-corrected chi connectivity index (χ2v) is 7.42. The first-order valence-corrected chi connectivity index (χ1v) is 8.70. The molecule has 3 rings (SSSR count). The van der Waals surface area contributed by atoms with Gasteiger partial charge < -0.3 is 15.8 Å². The number of aromatic nitrogens is 1. The van der Waals surface area contributed by atoms with Crippen LogP contribution >= 0.6 is 0 Å². The van der Waals surface area contributed by atoms with Crippen LogP contribution in [0.4, 0.5) is 16.2 Å². The van der Waals surface area contributed by atoms with Crippen molar-refractivity contribution in [1.29, 1.82) is 0 Å². The van der Waals surface area contributed by atoms with Crippen LogP contribution in [0.1, 0.15) is 33.6 Å². The van der Waals surface area contributed by atoms with E-state index in [1.807, 2.05) is 12.1 Å². The molecule has 26 heavy (non-hydrogen) atoms. The number of nitrogens with zero attached hydrogens (tertiary/aromatic N) is 2. The third-order valence-corrected chi connectivity index (χ3v) is 4.27. The maximum Gasteiger partial charge on any atom is 0.410 e. The summed E-state index contributed by atoms with van der Waals surface area (Å²) in [4.78, 5) is 30.8. The number of pyridine rings is 1. The number of anilines is 2. The van der Waals surface area contributed by atoms with Crippen molar-refractivity contribution >= 4 is 34.3 Å². The first-order chi connectivity index (χ1) is 12.3. The molecule has 7 nitrogen and oxygen atoms in total. The minimum atomic E-state index is -0.601. The molecule has 1 unspecified atom stereocenters. The molecule has 1 fully saturated rings. The number of rotatable bonds is 2. The molecule has 1 atom stereocenters. The smallest absolute Gasteiger partial charge is 0.410 e. The fourth-order valence-electron chi connectivity index (χ4n) is 3.08. The predicted octanol–water partition coefficient (Wildman–Crippen LogP) is 3.16. The highest BCUT2D eigenvalue weighted by Gasteiger charge is 2.36. The molecule has 0 radical (unpaired) electrons. The Balaban J connectivity index is 1.77. The number of carbonyl (C=O) groups is 2. The van der Waals surface area contributed by atoms with Crippen LogP contribution in [0.25, 0.3) is 10.9 Å². The quantitative estimate of drug-likeness (QED) is 0.806. The summed E-state index contributed by atoms with van der Waals surface area (Å²) in [6, 6.07) is 6.63. The van der Waals surface area contributed by atoms with E-state index in [4.69, 9.17) is 10.5 Å². The molecule has 0 bridgehead atoms. The summed E-state index contributed by atoms with van der Waals surface area (Å²) < 4.78 is 5.41. The molecule has 3 N–H and O–H groups in total. The minimum absolute atomic E-state index is 0.261. The first-order valence-electron chi connectivity index (χ1n) is 8.70. The van der Waals surface area contributed by atoms with Crippen molar-refractivity contribution in [2.24, 2.45) is 0 Å². The van der Waals surface area contributed by atoms with E-state index in [2.05, 4.69) is 10.3 Å². The van der Waals surface area contributed by atoms with Crippen LogP contribution in [0.15, 0.2) is 30.5 Å². The van der Waals surface area contributed by atoms with Gasteiger partial charge in [0.05, 0.1) is 16.9 Å². The lowest BCUT2D eigenvalue weighted by molar-refractivity contribution is -0.120. The molecule has 1 aliphatic rings. The fraction of sp³-hybridized carbons (Fsp3) is 0.421. The van der Waals surface area contributed by atoms with Gasteiger partial charge in [-0.05, 0) is 57.9 Å². The summed E-state index contributed by atoms with van der Waals surface area (Å²) in [6.45, 7) is 5.92. The summed E-state index contributed by atoms with van der Waals surface area (Å²) in [7, 11) is 0. The molecule has 1 aromatic heterocycles. The highest BCUT2D eigenvalue weighted by atomic mass is 16.6. The number of amides is 2. The van der Waals surface area contributed by atoms with Crippen LogP contribution < -0.4 is 11.1 Å². The Bertz CT molecular complexity index is 844. The van der Waals surface area contributed by atoms with E-state index in [9.17, 15) is 9.59 Å². The number of hydrogen-bond acceptors (Lipinski definition) is 5. The molecule has 1 aliphatic heterocycles. The number of nitrogens with one attached hydrogen (secondary N) is 1. The van der Waals surface area contributed by atoms with Gasteiger partial charge in [0.15, 0.2) is 0 Å². The lowest BCUT2D eigenvalue weighted by Crippen LogP contribution is -2.45. The number of nitrogen functional groups attached to an aromatic ring is 1. The topological polar surface area (TPSA) is 97.5 Å². The monoisotopic (exact) mass is 356 g/mol. The number of carbonyl (C=O) groups excluding carboxylic acids is 2. The average Bonchev–Trinajstić information content (AvgIpc) is 3.06. The van der Waals surface area contributed by atoms with Gasteiger partial charge in [0.2, 0.25) is 5.91 Å². The second-order valence-electron chi connectivity index (χ2n) is 7.42. The maximum atomic E-state index is 12.8. The van der Waals surface area contributed by atoms with E-state index in [1.54, 1.807) is 39.1 Å². The van der Waals surface area contributed by atoms with E-state index in [0.29, 0.717) is 24.3 Å². The number of benzene rings is 1. The summed E-state index contributed by atoms with van der Waals surface area (Å²) >= 11 is 0. The van der Waals surface area contributed by atoms with Crippen LogP contribution in [0.2, 0.25) is 0 Å². The number of likely N-dealkylation sites (tertiary alicyclic amines) is 1. The fourth-order valence-corrected chi connectivity index (χ4v) is 3.08. The van der Waals surface area contributed by atoms with Crippen molar-refractivity contribution < 1.29 is 14.3 Å². The third kappa shape index (κ3) is 3.71. The van der Waals surface area contributed by atoms with E-state index in [-0.39, 0.29) is 5.91 Å². The van der Waals surface area contributed by atoms with Crippen molar-refractivity contribution in [3.63, 3.8) is 0 Å². The second kappa shape index (κ2) is 6.82. The molecule has 2 heterocycles. The Labute approximate surface area is 152 Å². The Hall–Kier alpha value is -2.83. The van der Waals surface area contributed by atoms with Crippen molar-refractivity contribution in [1.82, 2.24) is 9.88 Å². The number of fused-ring (bicyclic) bond motifs is 1. The third-order valence-electron chi connectivity index (χ3n) is 4.27. The van der Waals surface area contributed by atoms with Crippen molar-refractivity contribution in [3.05, 3.63) is 30.5 Å². The highest BCUT2D eigenvalue weighted by molar-refractivity contribution is 6.04. The molecule has 7 heteroatoms. The van der Waals surface area contributed by atoms with Crippen LogP contribution in [0, 0.1) is 0 Å². The van der Waals surface area contributed by atoms with E-state index in [1.165, 1.54) is 4.90 Å². The van der Waals surface area contributed by atoms with E-state index >= 15 is 0 Å². The van der Waals surface area contributed by atoms with Gasteiger partial charge in [0.1, 0.15) is 11.6 Å². The number of ether oxygens (including phenoxy) is 1. The minimum Gasteiger partial charge on any atom is -0.444 e. The van der Waals surface area contributed by atoms with Gasteiger partial charge in [-0.25, -0.2) is 4.79 Å². The van der Waals surface area contributed by atoms with Crippen LogP contribution in [-0.2, 0) is 9.53 Å². The molecule has 0 saturated carbocycles. The summed E-state index contributed by atoms with van der Waals surface area (Å²) in [6.07, 6.45) is 2.58. The van der Waals surface area contributed by atoms with Gasteiger partial charge in [-0.3, -0.25) is 14.7 Å². The van der Waals surface area contributed by atoms with Crippen LogP contribution in [-0.4, -0.2) is 40.1 Å². The van der Waals surface area contributed by atoms with Crippen molar-refractivity contribution in [3.8, 4) is 0 Å². The Morgan fingerprint density at radius 3 is 2.81 bits per heavy atom. The van der Waals surface area contributed by atoms with Crippen molar-refractivity contribution in [2.75, 3.05) is 17.6 Å². The molecule has 1 saturated heterocycles. The van der Waals surface area contributed by atoms with Gasteiger partial charge in [0, 0.05) is 18.1 Å². The maximum absolute atomic E-state index is 12.8. The largest absolute Gasteiger partial charge is 0.444 e. The zero-order valence-corrected chi connectivity index (χ0v) is 15.3. The zero-order chi connectivity index (χ0) is 18.9. The molecule has 0 aliphatic carbocycles. The SMILES string of the molecule is CC(C)(C)OC(=O)N1CCCC1C(=O)Nc1ccc2ncccc2c1N. The lowest BCUT2D eigenvalue weighted by Gasteiger charge is -2.28. The highest BCUT2D eigenvalue weighted by Crippen LogP contribution is 2.29. The summed E-state index contributed by atoms with van der Waals surface area (Å²) in [5.74, 6) is -0.261. The van der Waals surface area contributed by atoms with Crippen LogP contribution in [0.5, 0.6) is 0 Å². The van der Waals surface area contributed by atoms with E-state index < -0.39 is 17.7 Å². The van der Waals surface area contributed by atoms with Gasteiger partial charge in [-0.2, -0.15) is 0 Å². The lowest BCUT2D eigenvalue weighted by atomic mass is 10.1. The predicted molar refractivity (Wildman–Crippen MR) is 101 cm³/mol. The molecule has 0 spiro atoms. The van der Waals surface area contributed by atoms with Gasteiger partial charge in [0.25, 0.3) is 0 Å². The first kappa shape index (κ1) is 18.0. The zero-order valence-electron chi connectivity index (χ0n) is 15.3. The summed E-state index contributed by atoms with van der Waals surface area (Å²) in [5, 5.41) is 3.63. The molecule has 1 aromatic carbocycles. The van der Waals surface area contributed by atoms with Crippen LogP contribution in [0.3, 0.4) is 0 Å². The Morgan fingerprint density at radius 2 is 2.08 bits per heavy atom. The molecular weight excluding hydrogens is 332 g/mol. The normalized spacial score (nSPS) is 17.3. The standard InChI is InChI=1S/C19H24N4O3/c1-19(2,3)26-18(25)23-11-5-7-15(23)17(24)22-14-9-8-13-12(16(14)20)6-4-10-21-13/h4,6,8-10,15H,5,7,11,20H2,1-3H3,(H,22,24). The van der Waals surface area contributed by atoms with Crippen molar-refractivity contribution in [2.45, 2.75) is 45.3 Å². The summed E-state index contributed by atoms with van der Waals surface area (Å²) in [5.41, 5.74) is 7.33. The molecular formula is C19H24N4O3. The number of hydrogen-bond donors (Lipinski definition) is 2. The van der Waals surface area contributed by atoms with Gasteiger partial charge >= 0.3 is 6.09 Å². The van der Waals surface area contributed by atoms with Gasteiger partial charge in [-0.1, -0.05) is 0 Å². The van der Waals surface area contributed by atoms with Gasteiger partial charge in [-0.15, -0.1) is 0 Å². The Kier molecular flexibility index (Phi) is 4.71. The molecule has 2 aromatic rings. The molecule has 2 amide bonds. The average molecular weight is 356 g/mol. The molecule has 138 valence electrons.